The highest BCUT2D eigenvalue weighted by atomic mass is 32.2. The van der Waals surface area contributed by atoms with Crippen molar-refractivity contribution in [3.05, 3.63) is 89.0 Å². The van der Waals surface area contributed by atoms with Crippen LogP contribution >= 0.6 is 0 Å². The number of hydrogen-bond acceptors (Lipinski definition) is 4. The second-order valence-corrected chi connectivity index (χ2v) is 8.96. The average Bonchev–Trinajstić information content (AvgIpc) is 2.76. The minimum Gasteiger partial charge on any atom is -0.495 e. The van der Waals surface area contributed by atoms with Crippen LogP contribution in [0.5, 0.6) is 5.75 Å². The van der Waals surface area contributed by atoms with Crippen LogP contribution in [-0.4, -0.2) is 28.0 Å². The van der Waals surface area contributed by atoms with Gasteiger partial charge in [-0.15, -0.1) is 0 Å². The Labute approximate surface area is 183 Å². The molecule has 0 aromatic heterocycles. The number of carbonyl (C=O) groups is 1. The smallest absolute Gasteiger partial charge is 0.255 e. The van der Waals surface area contributed by atoms with E-state index in [1.165, 1.54) is 19.2 Å². The number of ether oxygens (including phenoxy) is 1. The molecule has 0 heterocycles. The molecule has 3 aromatic carbocycles. The van der Waals surface area contributed by atoms with Crippen molar-refractivity contribution in [3.63, 3.8) is 0 Å². The van der Waals surface area contributed by atoms with Crippen molar-refractivity contribution < 1.29 is 17.9 Å². The first-order valence-corrected chi connectivity index (χ1v) is 11.4. The monoisotopic (exact) mass is 438 g/mol. The Kier molecular flexibility index (Phi) is 7.09. The number of hydrogen-bond donors (Lipinski definition) is 2. The summed E-state index contributed by atoms with van der Waals surface area (Å²) in [5.41, 5.74) is 3.83. The predicted octanol–water partition coefficient (Wildman–Crippen LogP) is 4.09. The number of sulfonamides is 1. The molecule has 2 N–H and O–H groups in total. The molecule has 0 spiro atoms. The fourth-order valence-electron chi connectivity index (χ4n) is 3.28. The van der Waals surface area contributed by atoms with Gasteiger partial charge in [-0.05, 0) is 55.2 Å². The van der Waals surface area contributed by atoms with Crippen molar-refractivity contribution in [2.24, 2.45) is 0 Å². The maximum atomic E-state index is 12.9. The summed E-state index contributed by atoms with van der Waals surface area (Å²) < 4.78 is 33.7. The molecular weight excluding hydrogens is 412 g/mol. The zero-order valence-electron chi connectivity index (χ0n) is 17.8. The van der Waals surface area contributed by atoms with Crippen molar-refractivity contribution >= 4 is 21.6 Å². The fraction of sp³-hybridized carbons (Fsp3) is 0.208. The third-order valence-corrected chi connectivity index (χ3v) is 6.47. The van der Waals surface area contributed by atoms with Gasteiger partial charge in [0.2, 0.25) is 10.0 Å². The Bertz CT molecular complexity index is 1160. The summed E-state index contributed by atoms with van der Waals surface area (Å²) in [4.78, 5) is 12.8. The van der Waals surface area contributed by atoms with Gasteiger partial charge in [0.25, 0.3) is 5.91 Å². The van der Waals surface area contributed by atoms with Crippen LogP contribution in [0, 0.1) is 13.8 Å². The van der Waals surface area contributed by atoms with E-state index in [0.717, 1.165) is 16.7 Å². The molecule has 0 fully saturated rings. The van der Waals surface area contributed by atoms with Crippen molar-refractivity contribution in [1.82, 2.24) is 4.72 Å². The van der Waals surface area contributed by atoms with Crippen LogP contribution in [0.4, 0.5) is 5.69 Å². The van der Waals surface area contributed by atoms with Crippen LogP contribution in [0.1, 0.15) is 27.0 Å². The molecule has 0 saturated heterocycles. The zero-order chi connectivity index (χ0) is 22.4. The zero-order valence-corrected chi connectivity index (χ0v) is 18.6. The Morgan fingerprint density at radius 3 is 2.26 bits per heavy atom. The largest absolute Gasteiger partial charge is 0.495 e. The van der Waals surface area contributed by atoms with Crippen LogP contribution in [0.2, 0.25) is 0 Å². The van der Waals surface area contributed by atoms with Gasteiger partial charge in [0, 0.05) is 17.8 Å². The van der Waals surface area contributed by atoms with E-state index >= 15 is 0 Å². The fourth-order valence-corrected chi connectivity index (χ4v) is 4.50. The molecule has 0 aliphatic heterocycles. The first kappa shape index (κ1) is 22.5. The first-order chi connectivity index (χ1) is 14.8. The van der Waals surface area contributed by atoms with Gasteiger partial charge in [0.15, 0.2) is 0 Å². The molecule has 0 atom stereocenters. The number of aryl methyl sites for hydroxylation is 2. The number of para-hydroxylation sites is 1. The summed E-state index contributed by atoms with van der Waals surface area (Å²) in [5, 5.41) is 2.88. The minimum atomic E-state index is -3.87. The maximum Gasteiger partial charge on any atom is 0.255 e. The van der Waals surface area contributed by atoms with Crippen molar-refractivity contribution in [2.75, 3.05) is 19.0 Å². The van der Waals surface area contributed by atoms with E-state index < -0.39 is 10.0 Å². The third-order valence-electron chi connectivity index (χ3n) is 4.98. The second-order valence-electron chi connectivity index (χ2n) is 7.22. The lowest BCUT2D eigenvalue weighted by Crippen LogP contribution is -2.27. The maximum absolute atomic E-state index is 12.9. The van der Waals surface area contributed by atoms with Crippen LogP contribution in [0.3, 0.4) is 0 Å². The van der Waals surface area contributed by atoms with Gasteiger partial charge in [-0.1, -0.05) is 48.5 Å². The van der Waals surface area contributed by atoms with E-state index in [9.17, 15) is 13.2 Å². The summed E-state index contributed by atoms with van der Waals surface area (Å²) in [5.74, 6) is -0.211. The predicted molar refractivity (Wildman–Crippen MR) is 122 cm³/mol. The number of carbonyl (C=O) groups excluding carboxylic acids is 1. The second kappa shape index (κ2) is 9.76. The summed E-state index contributed by atoms with van der Waals surface area (Å²) in [7, 11) is -2.48. The number of nitrogens with one attached hydrogen (secondary N) is 2. The van der Waals surface area contributed by atoms with Crippen molar-refractivity contribution in [1.29, 1.82) is 0 Å². The normalized spacial score (nSPS) is 11.2. The topological polar surface area (TPSA) is 84.5 Å². The SMILES string of the molecule is COc1ccc(C(=O)Nc2c(C)cccc2C)cc1S(=O)(=O)NCCc1ccccc1. The molecule has 0 radical (unpaired) electrons. The number of methoxy groups -OCH3 is 1. The third kappa shape index (κ3) is 5.51. The van der Waals surface area contributed by atoms with E-state index in [4.69, 9.17) is 4.74 Å². The average molecular weight is 439 g/mol. The summed E-state index contributed by atoms with van der Waals surface area (Å²) in [6.45, 7) is 4.04. The minimum absolute atomic E-state index is 0.0720. The van der Waals surface area contributed by atoms with E-state index in [1.807, 2.05) is 62.4 Å². The van der Waals surface area contributed by atoms with Crippen LogP contribution in [0.25, 0.3) is 0 Å². The number of amides is 1. The molecule has 1 amide bonds. The standard InChI is InChI=1S/C24H26N2O4S/c1-17-8-7-9-18(2)23(17)26-24(27)20-12-13-21(30-3)22(16-20)31(28,29)25-15-14-19-10-5-4-6-11-19/h4-13,16,25H,14-15H2,1-3H3,(H,26,27). The number of rotatable bonds is 8. The molecule has 0 aliphatic carbocycles. The number of benzene rings is 3. The lowest BCUT2D eigenvalue weighted by molar-refractivity contribution is 0.102. The van der Waals surface area contributed by atoms with Gasteiger partial charge >= 0.3 is 0 Å². The molecule has 7 heteroatoms. The van der Waals surface area contributed by atoms with Gasteiger partial charge in [-0.2, -0.15) is 0 Å². The first-order valence-electron chi connectivity index (χ1n) is 9.91. The van der Waals surface area contributed by atoms with E-state index in [2.05, 4.69) is 10.0 Å². The lowest BCUT2D eigenvalue weighted by atomic mass is 10.1. The van der Waals surface area contributed by atoms with E-state index in [1.54, 1.807) is 6.07 Å². The van der Waals surface area contributed by atoms with Gasteiger partial charge in [0.05, 0.1) is 7.11 Å². The summed E-state index contributed by atoms with van der Waals surface area (Å²) in [6.07, 6.45) is 0.551. The molecule has 3 rings (SSSR count). The number of anilines is 1. The highest BCUT2D eigenvalue weighted by Crippen LogP contribution is 2.26. The van der Waals surface area contributed by atoms with Gasteiger partial charge in [-0.3, -0.25) is 4.79 Å². The Balaban J connectivity index is 1.81. The van der Waals surface area contributed by atoms with Crippen molar-refractivity contribution in [3.8, 4) is 5.75 Å². The highest BCUT2D eigenvalue weighted by molar-refractivity contribution is 7.89. The molecule has 0 aliphatic rings. The molecule has 0 unspecified atom stereocenters. The molecule has 31 heavy (non-hydrogen) atoms. The summed E-state index contributed by atoms with van der Waals surface area (Å²) >= 11 is 0. The Hall–Kier alpha value is -3.16. The van der Waals surface area contributed by atoms with Crippen LogP contribution in [0.15, 0.2) is 71.6 Å². The Morgan fingerprint density at radius 2 is 1.61 bits per heavy atom. The molecule has 162 valence electrons. The quantitative estimate of drug-likeness (QED) is 0.555. The Morgan fingerprint density at radius 1 is 0.935 bits per heavy atom. The molecule has 3 aromatic rings. The lowest BCUT2D eigenvalue weighted by Gasteiger charge is -2.14. The van der Waals surface area contributed by atoms with Crippen LogP contribution in [-0.2, 0) is 16.4 Å². The van der Waals surface area contributed by atoms with E-state index in [-0.39, 0.29) is 28.7 Å². The van der Waals surface area contributed by atoms with E-state index in [0.29, 0.717) is 12.1 Å². The van der Waals surface area contributed by atoms with Gasteiger partial charge in [0.1, 0.15) is 10.6 Å². The molecule has 6 nitrogen and oxygen atoms in total. The van der Waals surface area contributed by atoms with Gasteiger partial charge < -0.3 is 10.1 Å². The highest BCUT2D eigenvalue weighted by Gasteiger charge is 2.22. The molecule has 0 bridgehead atoms. The molecule has 0 saturated carbocycles. The van der Waals surface area contributed by atoms with Crippen LogP contribution < -0.4 is 14.8 Å². The molecular formula is C24H26N2O4S. The summed E-state index contributed by atoms with van der Waals surface area (Å²) in [6, 6.07) is 19.7. The van der Waals surface area contributed by atoms with Gasteiger partial charge in [-0.25, -0.2) is 13.1 Å². The van der Waals surface area contributed by atoms with Crippen molar-refractivity contribution in [2.45, 2.75) is 25.2 Å².